The maximum atomic E-state index is 14.8. The molecule has 0 aliphatic rings. The van der Waals surface area contributed by atoms with Crippen LogP contribution in [0.1, 0.15) is 23.0 Å². The summed E-state index contributed by atoms with van der Waals surface area (Å²) in [5, 5.41) is 2.66. The highest BCUT2D eigenvalue weighted by Crippen LogP contribution is 2.28. The Bertz CT molecular complexity index is 1130. The summed E-state index contributed by atoms with van der Waals surface area (Å²) >= 11 is 0. The zero-order valence-corrected chi connectivity index (χ0v) is 16.4. The van der Waals surface area contributed by atoms with E-state index in [-0.39, 0.29) is 35.3 Å². The number of nitrogens with one attached hydrogen (secondary N) is 1. The van der Waals surface area contributed by atoms with Crippen molar-refractivity contribution >= 4 is 17.6 Å². The molecule has 0 aliphatic carbocycles. The number of carbonyl (C=O) groups is 2. The molecule has 0 spiro atoms. The molecule has 1 aromatic heterocycles. The molecule has 0 unspecified atom stereocenters. The summed E-state index contributed by atoms with van der Waals surface area (Å²) < 4.78 is 34.7. The first-order valence-electron chi connectivity index (χ1n) is 9.15. The van der Waals surface area contributed by atoms with Gasteiger partial charge in [0, 0.05) is 12.1 Å². The fourth-order valence-corrected chi connectivity index (χ4v) is 2.61. The van der Waals surface area contributed by atoms with Gasteiger partial charge in [0.1, 0.15) is 30.0 Å². The van der Waals surface area contributed by atoms with E-state index in [1.807, 2.05) is 6.07 Å². The number of halogens is 2. The van der Waals surface area contributed by atoms with E-state index < -0.39 is 29.5 Å². The number of rotatable bonds is 8. The van der Waals surface area contributed by atoms with Gasteiger partial charge in [-0.2, -0.15) is 0 Å². The monoisotopic (exact) mass is 427 g/mol. The molecule has 3 rings (SSSR count). The third-order valence-electron chi connectivity index (χ3n) is 4.27. The lowest BCUT2D eigenvalue weighted by Crippen LogP contribution is -2.33. The molecule has 0 saturated carbocycles. The molecule has 3 aromatic rings. The van der Waals surface area contributed by atoms with Crippen LogP contribution in [0.2, 0.25) is 0 Å². The molecule has 1 atom stereocenters. The van der Waals surface area contributed by atoms with Crippen molar-refractivity contribution in [2.75, 3.05) is 5.32 Å². The molecule has 10 heteroatoms. The lowest BCUT2D eigenvalue weighted by Gasteiger charge is -2.13. The second kappa shape index (κ2) is 9.16. The second-order valence-electron chi connectivity index (χ2n) is 6.63. The Balaban J connectivity index is 1.94. The molecule has 0 radical (unpaired) electrons. The number of anilines is 1. The van der Waals surface area contributed by atoms with Gasteiger partial charge in [-0.3, -0.25) is 9.59 Å². The Morgan fingerprint density at radius 1 is 1.06 bits per heavy atom. The average Bonchev–Trinajstić information content (AvgIpc) is 2.74. The summed E-state index contributed by atoms with van der Waals surface area (Å²) in [5.74, 6) is -3.92. The van der Waals surface area contributed by atoms with Crippen LogP contribution in [-0.4, -0.2) is 27.8 Å². The molecule has 5 N–H and O–H groups in total. The van der Waals surface area contributed by atoms with Gasteiger partial charge in [0.25, 0.3) is 5.91 Å². The van der Waals surface area contributed by atoms with E-state index in [4.69, 9.17) is 16.2 Å². The van der Waals surface area contributed by atoms with Crippen LogP contribution in [0.4, 0.5) is 14.6 Å². The molecule has 2 aromatic carbocycles. The number of hydrogen-bond donors (Lipinski definition) is 3. The number of hydrogen-bond acceptors (Lipinski definition) is 6. The molecule has 0 bridgehead atoms. The first-order valence-corrected chi connectivity index (χ1v) is 9.15. The maximum absolute atomic E-state index is 14.8. The summed E-state index contributed by atoms with van der Waals surface area (Å²) in [7, 11) is 0. The van der Waals surface area contributed by atoms with Crippen molar-refractivity contribution < 1.29 is 23.1 Å². The minimum absolute atomic E-state index is 0.00527. The van der Waals surface area contributed by atoms with Crippen LogP contribution in [0.5, 0.6) is 5.75 Å². The van der Waals surface area contributed by atoms with Gasteiger partial charge in [0.2, 0.25) is 5.91 Å². The van der Waals surface area contributed by atoms with E-state index in [2.05, 4.69) is 15.3 Å². The number of ether oxygens (including phenoxy) is 1. The SMILES string of the molecule is C[C@H](Nc1cc(C(N)=O)nc(-c2cc(F)c(OCc3ccccc3)cc2F)n1)C(N)=O. The van der Waals surface area contributed by atoms with Crippen LogP contribution in [0.15, 0.2) is 48.5 Å². The Labute approximate surface area is 176 Å². The number of aromatic nitrogens is 2. The number of benzene rings is 2. The fraction of sp³-hybridized carbons (Fsp3) is 0.143. The standard InChI is InChI=1S/C21H19F2N5O3/c1-11(19(24)29)26-18-9-16(20(25)30)27-21(28-18)13-7-15(23)17(8-14(13)22)31-10-12-5-3-2-4-6-12/h2-9,11H,10H2,1H3,(H2,24,29)(H2,25,30)(H,26,27,28)/t11-/m0/s1. The Kier molecular flexibility index (Phi) is 6.39. The van der Waals surface area contributed by atoms with Crippen LogP contribution >= 0.6 is 0 Å². The van der Waals surface area contributed by atoms with Crippen LogP contribution in [0.25, 0.3) is 11.4 Å². The summed E-state index contributed by atoms with van der Waals surface area (Å²) in [4.78, 5) is 30.8. The average molecular weight is 427 g/mol. The molecule has 1 heterocycles. The van der Waals surface area contributed by atoms with Gasteiger partial charge in [0.15, 0.2) is 17.4 Å². The van der Waals surface area contributed by atoms with E-state index in [1.54, 1.807) is 24.3 Å². The smallest absolute Gasteiger partial charge is 0.267 e. The largest absolute Gasteiger partial charge is 0.486 e. The summed E-state index contributed by atoms with van der Waals surface area (Å²) in [5.41, 5.74) is 10.7. The highest BCUT2D eigenvalue weighted by Gasteiger charge is 2.19. The zero-order chi connectivity index (χ0) is 22.5. The van der Waals surface area contributed by atoms with Crippen LogP contribution in [-0.2, 0) is 11.4 Å². The number of carbonyl (C=O) groups excluding carboxylic acids is 2. The molecular weight excluding hydrogens is 408 g/mol. The first-order chi connectivity index (χ1) is 14.7. The molecule has 0 aliphatic heterocycles. The number of amides is 2. The number of nitrogens with two attached hydrogens (primary N) is 2. The van der Waals surface area contributed by atoms with E-state index in [0.717, 1.165) is 17.7 Å². The van der Waals surface area contributed by atoms with E-state index in [9.17, 15) is 18.4 Å². The lowest BCUT2D eigenvalue weighted by atomic mass is 10.1. The summed E-state index contributed by atoms with van der Waals surface area (Å²) in [6.45, 7) is 1.51. The minimum Gasteiger partial charge on any atom is -0.486 e. The van der Waals surface area contributed by atoms with Crippen molar-refractivity contribution in [3.05, 3.63) is 71.4 Å². The van der Waals surface area contributed by atoms with Crippen LogP contribution in [0, 0.1) is 11.6 Å². The highest BCUT2D eigenvalue weighted by molar-refractivity contribution is 5.92. The highest BCUT2D eigenvalue weighted by atomic mass is 19.1. The third-order valence-corrected chi connectivity index (χ3v) is 4.27. The van der Waals surface area contributed by atoms with Gasteiger partial charge < -0.3 is 21.5 Å². The van der Waals surface area contributed by atoms with Gasteiger partial charge in [-0.25, -0.2) is 18.7 Å². The second-order valence-corrected chi connectivity index (χ2v) is 6.63. The molecule has 8 nitrogen and oxygen atoms in total. The fourth-order valence-electron chi connectivity index (χ4n) is 2.61. The van der Waals surface area contributed by atoms with Crippen molar-refractivity contribution in [3.63, 3.8) is 0 Å². The van der Waals surface area contributed by atoms with Gasteiger partial charge in [-0.15, -0.1) is 0 Å². The molecule has 160 valence electrons. The normalized spacial score (nSPS) is 11.6. The van der Waals surface area contributed by atoms with Crippen LogP contribution < -0.4 is 21.5 Å². The van der Waals surface area contributed by atoms with Gasteiger partial charge in [-0.05, 0) is 18.6 Å². The minimum atomic E-state index is -0.915. The van der Waals surface area contributed by atoms with Crippen molar-refractivity contribution in [1.29, 1.82) is 0 Å². The predicted molar refractivity (Wildman–Crippen MR) is 109 cm³/mol. The van der Waals surface area contributed by atoms with Gasteiger partial charge >= 0.3 is 0 Å². The first kappa shape index (κ1) is 21.6. The molecule has 0 fully saturated rings. The van der Waals surface area contributed by atoms with Gasteiger partial charge in [0.05, 0.1) is 5.56 Å². The third kappa shape index (κ3) is 5.30. The van der Waals surface area contributed by atoms with Crippen molar-refractivity contribution in [2.45, 2.75) is 19.6 Å². The van der Waals surface area contributed by atoms with Crippen molar-refractivity contribution in [3.8, 4) is 17.1 Å². The molecule has 2 amide bonds. The predicted octanol–water partition coefficient (Wildman–Crippen LogP) is 2.39. The maximum Gasteiger partial charge on any atom is 0.267 e. The van der Waals surface area contributed by atoms with Crippen molar-refractivity contribution in [1.82, 2.24) is 9.97 Å². The van der Waals surface area contributed by atoms with E-state index in [0.29, 0.717) is 0 Å². The van der Waals surface area contributed by atoms with Gasteiger partial charge in [-0.1, -0.05) is 30.3 Å². The Morgan fingerprint density at radius 3 is 2.42 bits per heavy atom. The molecular formula is C21H19F2N5O3. The topological polar surface area (TPSA) is 133 Å². The summed E-state index contributed by atoms with van der Waals surface area (Å²) in [6, 6.07) is 11.0. The molecule has 0 saturated heterocycles. The Hall–Kier alpha value is -4.08. The number of primary amides is 2. The Morgan fingerprint density at radius 2 is 1.77 bits per heavy atom. The van der Waals surface area contributed by atoms with Crippen molar-refractivity contribution in [2.24, 2.45) is 11.5 Å². The van der Waals surface area contributed by atoms with E-state index in [1.165, 1.54) is 13.0 Å². The zero-order valence-electron chi connectivity index (χ0n) is 16.4. The van der Waals surface area contributed by atoms with Crippen LogP contribution in [0.3, 0.4) is 0 Å². The quantitative estimate of drug-likeness (QED) is 0.506. The lowest BCUT2D eigenvalue weighted by molar-refractivity contribution is -0.118. The number of nitrogens with zero attached hydrogens (tertiary/aromatic N) is 2. The van der Waals surface area contributed by atoms with E-state index >= 15 is 0 Å². The summed E-state index contributed by atoms with van der Waals surface area (Å²) in [6.07, 6.45) is 0. The molecule has 31 heavy (non-hydrogen) atoms.